The fourth-order valence-corrected chi connectivity index (χ4v) is 3.73. The predicted molar refractivity (Wildman–Crippen MR) is 119 cm³/mol. The minimum absolute atomic E-state index is 0.0319. The number of Topliss-reactive ketones (excluding diaryl/α,β-unsaturated/α-hetero) is 1. The number of amides is 1. The number of carbonyl (C=O) groups excluding carboxylic acids is 2. The number of aliphatic hydroxyl groups is 1. The number of hydrogen-bond donors (Lipinski definition) is 1. The first-order chi connectivity index (χ1) is 15.0. The second-order valence-corrected chi connectivity index (χ2v) is 7.45. The Hall–Kier alpha value is -3.09. The van der Waals surface area contributed by atoms with E-state index in [1.807, 2.05) is 0 Å². The number of carbonyl (C=O) groups is 2. The van der Waals surface area contributed by atoms with Gasteiger partial charge in [0.1, 0.15) is 18.1 Å². The number of hydrogen-bond acceptors (Lipinski definition) is 5. The molecule has 1 aliphatic rings. The third kappa shape index (κ3) is 4.98. The molecule has 2 aromatic rings. The molecule has 1 heterocycles. The zero-order chi connectivity index (χ0) is 22.4. The van der Waals surface area contributed by atoms with Gasteiger partial charge in [0.15, 0.2) is 0 Å². The fourth-order valence-electron chi connectivity index (χ4n) is 3.53. The quantitative estimate of drug-likeness (QED) is 0.206. The molecule has 1 saturated heterocycles. The monoisotopic (exact) mass is 441 g/mol. The highest BCUT2D eigenvalue weighted by atomic mass is 35.5. The van der Waals surface area contributed by atoms with Crippen LogP contribution < -0.4 is 4.74 Å². The number of aliphatic hydroxyl groups excluding tert-OH is 1. The van der Waals surface area contributed by atoms with Crippen LogP contribution in [0.5, 0.6) is 5.75 Å². The van der Waals surface area contributed by atoms with Gasteiger partial charge in [0.2, 0.25) is 0 Å². The molecule has 1 fully saturated rings. The molecule has 1 aliphatic heterocycles. The van der Waals surface area contributed by atoms with Crippen molar-refractivity contribution in [2.24, 2.45) is 0 Å². The van der Waals surface area contributed by atoms with Crippen LogP contribution in [-0.4, -0.2) is 48.6 Å². The Morgan fingerprint density at radius 1 is 1.23 bits per heavy atom. The summed E-state index contributed by atoms with van der Waals surface area (Å²) in [6.07, 6.45) is 2.18. The van der Waals surface area contributed by atoms with Crippen LogP contribution in [0.3, 0.4) is 0 Å². The summed E-state index contributed by atoms with van der Waals surface area (Å²) in [6.45, 7) is 4.70. The van der Waals surface area contributed by atoms with Gasteiger partial charge < -0.3 is 19.5 Å². The normalized spacial score (nSPS) is 17.7. The number of nitrogens with zero attached hydrogens (tertiary/aromatic N) is 1. The molecular weight excluding hydrogens is 418 g/mol. The summed E-state index contributed by atoms with van der Waals surface area (Å²) in [7, 11) is 1.57. The molecule has 1 amide bonds. The Morgan fingerprint density at radius 2 is 1.97 bits per heavy atom. The Bertz CT molecular complexity index is 999. The summed E-state index contributed by atoms with van der Waals surface area (Å²) < 4.78 is 10.5. The van der Waals surface area contributed by atoms with Gasteiger partial charge in [-0.15, -0.1) is 0 Å². The Morgan fingerprint density at radius 3 is 2.61 bits per heavy atom. The average molecular weight is 442 g/mol. The van der Waals surface area contributed by atoms with Gasteiger partial charge in [0.05, 0.1) is 11.6 Å². The van der Waals surface area contributed by atoms with E-state index >= 15 is 0 Å². The molecule has 7 heteroatoms. The molecule has 3 rings (SSSR count). The highest BCUT2D eigenvalue weighted by Gasteiger charge is 2.45. The van der Waals surface area contributed by atoms with Gasteiger partial charge in [0, 0.05) is 30.8 Å². The highest BCUT2D eigenvalue weighted by Crippen LogP contribution is 2.40. The first-order valence-corrected chi connectivity index (χ1v) is 10.2. The van der Waals surface area contributed by atoms with Crippen molar-refractivity contribution in [2.45, 2.75) is 12.5 Å². The maximum absolute atomic E-state index is 12.9. The van der Waals surface area contributed by atoms with Gasteiger partial charge in [-0.1, -0.05) is 36.4 Å². The predicted octanol–water partition coefficient (Wildman–Crippen LogP) is 4.36. The Kier molecular flexibility index (Phi) is 7.50. The maximum atomic E-state index is 12.9. The van der Waals surface area contributed by atoms with E-state index in [4.69, 9.17) is 21.1 Å². The maximum Gasteiger partial charge on any atom is 0.295 e. The molecule has 0 aromatic heterocycles. The minimum Gasteiger partial charge on any atom is -0.507 e. The lowest BCUT2D eigenvalue weighted by atomic mass is 9.95. The molecule has 0 radical (unpaired) electrons. The first kappa shape index (κ1) is 22.6. The lowest BCUT2D eigenvalue weighted by Gasteiger charge is -2.25. The first-order valence-electron chi connectivity index (χ1n) is 9.85. The molecular formula is C24H24ClNO5. The van der Waals surface area contributed by atoms with Crippen molar-refractivity contribution in [3.63, 3.8) is 0 Å². The molecule has 0 saturated carbocycles. The molecule has 1 atom stereocenters. The second-order valence-electron chi connectivity index (χ2n) is 7.02. The van der Waals surface area contributed by atoms with Gasteiger partial charge >= 0.3 is 0 Å². The molecule has 1 N–H and O–H groups in total. The van der Waals surface area contributed by atoms with E-state index in [-0.39, 0.29) is 11.3 Å². The van der Waals surface area contributed by atoms with Gasteiger partial charge in [-0.25, -0.2) is 0 Å². The van der Waals surface area contributed by atoms with Crippen molar-refractivity contribution in [3.8, 4) is 5.75 Å². The fraction of sp³-hybridized carbons (Fsp3) is 0.250. The topological polar surface area (TPSA) is 76.1 Å². The van der Waals surface area contributed by atoms with Crippen LogP contribution in [-0.2, 0) is 14.3 Å². The molecule has 2 aromatic carbocycles. The van der Waals surface area contributed by atoms with Crippen molar-refractivity contribution in [1.29, 1.82) is 0 Å². The van der Waals surface area contributed by atoms with Gasteiger partial charge in [-0.3, -0.25) is 9.59 Å². The Balaban J connectivity index is 2.04. The summed E-state index contributed by atoms with van der Waals surface area (Å²) in [6, 6.07) is 12.8. The molecule has 0 bridgehead atoms. The second kappa shape index (κ2) is 10.3. The Labute approximate surface area is 186 Å². The lowest BCUT2D eigenvalue weighted by Crippen LogP contribution is -2.31. The molecule has 6 nitrogen and oxygen atoms in total. The number of benzene rings is 2. The van der Waals surface area contributed by atoms with E-state index < -0.39 is 17.7 Å². The van der Waals surface area contributed by atoms with Crippen LogP contribution in [0.15, 0.2) is 66.8 Å². The number of likely N-dealkylation sites (tertiary alicyclic amines) is 1. The standard InChI is InChI=1S/C24H24ClNO5/c1-3-13-31-19-10-8-16(9-11-19)22(27)20-21(17-6-4-7-18(25)15-17)26(12-5-14-30-2)24(29)23(20)28/h3-4,6-11,15,21,27H,1,5,12-14H2,2H3/b22-20-. The summed E-state index contributed by atoms with van der Waals surface area (Å²) in [4.78, 5) is 27.2. The van der Waals surface area contributed by atoms with Crippen LogP contribution in [0.25, 0.3) is 5.76 Å². The van der Waals surface area contributed by atoms with Crippen molar-refractivity contribution in [2.75, 3.05) is 26.9 Å². The van der Waals surface area contributed by atoms with E-state index in [1.165, 1.54) is 4.90 Å². The molecule has 0 spiro atoms. The van der Waals surface area contributed by atoms with Crippen LogP contribution in [0.2, 0.25) is 5.02 Å². The summed E-state index contributed by atoms with van der Waals surface area (Å²) >= 11 is 6.17. The van der Waals surface area contributed by atoms with Crippen LogP contribution in [0.4, 0.5) is 0 Å². The zero-order valence-electron chi connectivity index (χ0n) is 17.2. The number of ketones is 1. The van der Waals surface area contributed by atoms with Crippen molar-refractivity contribution in [3.05, 3.63) is 82.9 Å². The largest absolute Gasteiger partial charge is 0.507 e. The van der Waals surface area contributed by atoms with Crippen molar-refractivity contribution < 1.29 is 24.2 Å². The van der Waals surface area contributed by atoms with E-state index in [9.17, 15) is 14.7 Å². The van der Waals surface area contributed by atoms with Crippen LogP contribution in [0, 0.1) is 0 Å². The van der Waals surface area contributed by atoms with Crippen LogP contribution in [0.1, 0.15) is 23.6 Å². The van der Waals surface area contributed by atoms with Crippen molar-refractivity contribution >= 4 is 29.1 Å². The van der Waals surface area contributed by atoms with E-state index in [1.54, 1.807) is 61.7 Å². The SMILES string of the molecule is C=CCOc1ccc(/C(O)=C2/C(=O)C(=O)N(CCCOC)C2c2cccc(Cl)c2)cc1. The summed E-state index contributed by atoms with van der Waals surface area (Å²) in [5.41, 5.74) is 1.09. The average Bonchev–Trinajstić information content (AvgIpc) is 3.03. The summed E-state index contributed by atoms with van der Waals surface area (Å²) in [5, 5.41) is 11.5. The third-order valence-corrected chi connectivity index (χ3v) is 5.18. The zero-order valence-corrected chi connectivity index (χ0v) is 18.0. The number of methoxy groups -OCH3 is 1. The van der Waals surface area contributed by atoms with Crippen molar-refractivity contribution in [1.82, 2.24) is 4.90 Å². The number of ether oxygens (including phenoxy) is 2. The highest BCUT2D eigenvalue weighted by molar-refractivity contribution is 6.46. The summed E-state index contributed by atoms with van der Waals surface area (Å²) in [5.74, 6) is -1.03. The lowest BCUT2D eigenvalue weighted by molar-refractivity contribution is -0.140. The molecule has 0 aliphatic carbocycles. The van der Waals surface area contributed by atoms with Crippen LogP contribution >= 0.6 is 11.6 Å². The molecule has 1 unspecified atom stereocenters. The number of rotatable bonds is 9. The number of halogens is 1. The van der Waals surface area contributed by atoms with E-state index in [0.717, 1.165) is 0 Å². The van der Waals surface area contributed by atoms with Gasteiger partial charge in [0.25, 0.3) is 11.7 Å². The minimum atomic E-state index is -0.743. The van der Waals surface area contributed by atoms with Gasteiger partial charge in [-0.05, 0) is 48.4 Å². The molecule has 31 heavy (non-hydrogen) atoms. The third-order valence-electron chi connectivity index (χ3n) is 4.95. The molecule has 162 valence electrons. The van der Waals surface area contributed by atoms with E-state index in [0.29, 0.717) is 48.1 Å². The van der Waals surface area contributed by atoms with E-state index in [2.05, 4.69) is 6.58 Å². The van der Waals surface area contributed by atoms with Gasteiger partial charge in [-0.2, -0.15) is 0 Å². The smallest absolute Gasteiger partial charge is 0.295 e.